The maximum atomic E-state index is 14.3. The highest BCUT2D eigenvalue weighted by molar-refractivity contribution is 7.26. The van der Waals surface area contributed by atoms with Crippen LogP contribution in [0, 0.1) is 6.92 Å². The van der Waals surface area contributed by atoms with Crippen molar-refractivity contribution in [3.8, 4) is 11.5 Å². The highest BCUT2D eigenvalue weighted by Gasteiger charge is 2.64. The first kappa shape index (κ1) is 24.7. The second-order valence-corrected chi connectivity index (χ2v) is 10.0. The first-order chi connectivity index (χ1) is 17.6. The zero-order chi connectivity index (χ0) is 27.4. The van der Waals surface area contributed by atoms with E-state index in [0.717, 1.165) is 17.4 Å². The maximum absolute atomic E-state index is 14.3. The van der Waals surface area contributed by atoms with Gasteiger partial charge in [-0.25, -0.2) is 24.1 Å². The molecule has 0 saturated heterocycles. The summed E-state index contributed by atoms with van der Waals surface area (Å²) in [4.78, 5) is 12.5. The van der Waals surface area contributed by atoms with Gasteiger partial charge in [0.2, 0.25) is 5.82 Å². The average molecular weight is 562 g/mol. The number of nitrogens with zero attached hydrogens (tertiary/aromatic N) is 7. The lowest BCUT2D eigenvalue weighted by atomic mass is 9.99. The van der Waals surface area contributed by atoms with Crippen molar-refractivity contribution in [2.75, 3.05) is 5.32 Å². The van der Waals surface area contributed by atoms with Crippen molar-refractivity contribution in [3.63, 3.8) is 0 Å². The number of alkyl halides is 8. The van der Waals surface area contributed by atoms with Gasteiger partial charge in [0.25, 0.3) is 0 Å². The summed E-state index contributed by atoms with van der Waals surface area (Å²) >= 11 is 0.919. The van der Waals surface area contributed by atoms with Gasteiger partial charge in [0, 0.05) is 17.5 Å². The molecular formula is C21H14F8N8S. The van der Waals surface area contributed by atoms with E-state index in [9.17, 15) is 35.1 Å². The first-order valence-corrected chi connectivity index (χ1v) is 11.8. The van der Waals surface area contributed by atoms with Crippen LogP contribution in [0.5, 0.6) is 0 Å². The van der Waals surface area contributed by atoms with Crippen LogP contribution in [-0.2, 0) is 6.18 Å². The molecule has 0 fully saturated rings. The minimum absolute atomic E-state index is 0.0591. The Bertz CT molecular complexity index is 1730. The molecule has 0 aliphatic carbocycles. The molecule has 0 radical (unpaired) electrons. The normalized spacial score (nSPS) is 18.9. The van der Waals surface area contributed by atoms with E-state index < -0.39 is 42.5 Å². The molecule has 0 spiro atoms. The molecular weight excluding hydrogens is 548 g/mol. The van der Waals surface area contributed by atoms with E-state index in [4.69, 9.17) is 0 Å². The van der Waals surface area contributed by atoms with Crippen LogP contribution in [0.2, 0.25) is 0 Å². The van der Waals surface area contributed by atoms with Crippen molar-refractivity contribution in [2.45, 2.75) is 50.6 Å². The van der Waals surface area contributed by atoms with Gasteiger partial charge in [0.05, 0.1) is 5.52 Å². The molecule has 8 nitrogen and oxygen atoms in total. The van der Waals surface area contributed by atoms with Crippen LogP contribution in [0.1, 0.15) is 30.6 Å². The van der Waals surface area contributed by atoms with E-state index in [1.54, 1.807) is 0 Å². The fraction of sp³-hybridized carbons (Fsp3) is 0.381. The third-order valence-corrected chi connectivity index (χ3v) is 7.35. The smallest absolute Gasteiger partial charge is 0.368 e. The number of hydrogen-bond acceptors (Lipinski definition) is 7. The number of aryl methyl sites for hydroxylation is 1. The van der Waals surface area contributed by atoms with E-state index in [0.29, 0.717) is 25.8 Å². The van der Waals surface area contributed by atoms with Crippen LogP contribution in [0.15, 0.2) is 18.5 Å². The van der Waals surface area contributed by atoms with Crippen LogP contribution in [0.4, 0.5) is 40.9 Å². The highest BCUT2D eigenvalue weighted by Crippen LogP contribution is 2.48. The molecule has 38 heavy (non-hydrogen) atoms. The summed E-state index contributed by atoms with van der Waals surface area (Å²) in [6, 6.07) is -0.793. The van der Waals surface area contributed by atoms with Gasteiger partial charge >= 0.3 is 18.3 Å². The number of thiophene rings is 1. The predicted octanol–water partition coefficient (Wildman–Crippen LogP) is 6.02. The molecule has 0 saturated carbocycles. The lowest BCUT2D eigenvalue weighted by molar-refractivity contribution is -0.301. The van der Waals surface area contributed by atoms with Crippen LogP contribution in [-0.4, -0.2) is 52.5 Å². The fourth-order valence-electron chi connectivity index (χ4n) is 4.55. The van der Waals surface area contributed by atoms with Crippen molar-refractivity contribution < 1.29 is 35.1 Å². The Hall–Kier alpha value is -3.63. The molecule has 5 aromatic rings. The largest absolute Gasteiger partial charge is 0.455 e. The van der Waals surface area contributed by atoms with Gasteiger partial charge in [-0.2, -0.15) is 40.2 Å². The number of hydrogen-bond donors (Lipinski definition) is 1. The molecule has 0 bridgehead atoms. The molecule has 6 rings (SSSR count). The Morgan fingerprint density at radius 2 is 1.76 bits per heavy atom. The quantitative estimate of drug-likeness (QED) is 0.265. The summed E-state index contributed by atoms with van der Waals surface area (Å²) in [5.41, 5.74) is -0.284. The maximum Gasteiger partial charge on any atom is 0.455 e. The third kappa shape index (κ3) is 3.58. The monoisotopic (exact) mass is 562 g/mol. The van der Waals surface area contributed by atoms with Crippen LogP contribution >= 0.6 is 11.3 Å². The van der Waals surface area contributed by atoms with Crippen molar-refractivity contribution in [1.82, 2.24) is 34.3 Å². The standard InChI is InChI=1S/C21H14F8N8S/c1-7-3-10(20(24,25)26)32-18-13(7)14-15(38-18)17-33-16(35-36(17)6-30-14)9-5-12-31-8(2)4-11(37(12)34-9)19(22,23)21(27,28)29/h3,5-6,8,11,31H,4H2,1-2H3. The minimum Gasteiger partial charge on any atom is -0.368 e. The molecule has 6 heterocycles. The van der Waals surface area contributed by atoms with E-state index in [-0.39, 0.29) is 27.8 Å². The highest BCUT2D eigenvalue weighted by atomic mass is 32.1. The SMILES string of the molecule is Cc1cc(C(F)(F)F)nc2sc3c(ncn4nc(-c5cc6n(n5)C(C(F)(F)C(F)(F)F)CC(C)N6)nc34)c12. The summed E-state index contributed by atoms with van der Waals surface area (Å²) in [6.45, 7) is 2.98. The van der Waals surface area contributed by atoms with Gasteiger partial charge in [0.1, 0.15) is 39.1 Å². The molecule has 5 aromatic heterocycles. The Kier molecular flexibility index (Phi) is 5.01. The minimum atomic E-state index is -5.78. The topological polar surface area (TPSA) is 85.8 Å². The molecule has 2 atom stereocenters. The van der Waals surface area contributed by atoms with E-state index in [1.807, 2.05) is 0 Å². The van der Waals surface area contributed by atoms with Gasteiger partial charge in [-0.15, -0.1) is 16.4 Å². The average Bonchev–Trinajstić information content (AvgIpc) is 3.50. The van der Waals surface area contributed by atoms with Crippen LogP contribution < -0.4 is 5.32 Å². The molecule has 0 aromatic carbocycles. The summed E-state index contributed by atoms with van der Waals surface area (Å²) in [6.07, 6.45) is -9.69. The zero-order valence-corrected chi connectivity index (χ0v) is 20.0. The Morgan fingerprint density at radius 1 is 1.03 bits per heavy atom. The zero-order valence-electron chi connectivity index (χ0n) is 19.2. The van der Waals surface area contributed by atoms with Gasteiger partial charge in [-0.3, -0.25) is 0 Å². The summed E-state index contributed by atoms with van der Waals surface area (Å²) in [7, 11) is 0. The van der Waals surface area contributed by atoms with Gasteiger partial charge < -0.3 is 5.32 Å². The number of fused-ring (bicyclic) bond motifs is 6. The van der Waals surface area contributed by atoms with Crippen molar-refractivity contribution >= 4 is 43.2 Å². The second kappa shape index (κ2) is 7.70. The number of halogens is 8. The van der Waals surface area contributed by atoms with E-state index in [2.05, 4.69) is 30.5 Å². The first-order valence-electron chi connectivity index (χ1n) is 11.0. The third-order valence-electron chi connectivity index (χ3n) is 6.28. The molecule has 0 amide bonds. The number of anilines is 1. The Balaban J connectivity index is 1.49. The summed E-state index contributed by atoms with van der Waals surface area (Å²) in [5.74, 6) is -5.19. The lowest BCUT2D eigenvalue weighted by Crippen LogP contribution is -2.48. The van der Waals surface area contributed by atoms with Crippen LogP contribution in [0.25, 0.3) is 37.6 Å². The van der Waals surface area contributed by atoms with Gasteiger partial charge in [-0.1, -0.05) is 0 Å². The lowest BCUT2D eigenvalue weighted by Gasteiger charge is -2.35. The Labute approximate surface area is 210 Å². The molecule has 2 unspecified atom stereocenters. The van der Waals surface area contributed by atoms with E-state index >= 15 is 0 Å². The van der Waals surface area contributed by atoms with Crippen molar-refractivity contribution in [1.29, 1.82) is 0 Å². The van der Waals surface area contributed by atoms with Crippen molar-refractivity contribution in [3.05, 3.63) is 29.7 Å². The number of rotatable bonds is 2. The van der Waals surface area contributed by atoms with Crippen LogP contribution in [0.3, 0.4) is 0 Å². The van der Waals surface area contributed by atoms with Gasteiger partial charge in [0.15, 0.2) is 5.65 Å². The fourth-order valence-corrected chi connectivity index (χ4v) is 5.73. The molecule has 1 aliphatic rings. The molecule has 1 N–H and O–H groups in total. The van der Waals surface area contributed by atoms with Crippen molar-refractivity contribution in [2.24, 2.45) is 0 Å². The number of nitrogens with one attached hydrogen (secondary N) is 1. The predicted molar refractivity (Wildman–Crippen MR) is 120 cm³/mol. The Morgan fingerprint density at radius 3 is 2.45 bits per heavy atom. The number of pyridine rings is 1. The number of aromatic nitrogens is 7. The molecule has 1 aliphatic heterocycles. The summed E-state index contributed by atoms with van der Waals surface area (Å²) < 4.78 is 110. The van der Waals surface area contributed by atoms with E-state index in [1.165, 1.54) is 30.8 Å². The molecule has 17 heteroatoms. The summed E-state index contributed by atoms with van der Waals surface area (Å²) in [5, 5.41) is 11.4. The van der Waals surface area contributed by atoms with Gasteiger partial charge in [-0.05, 0) is 31.9 Å². The second-order valence-electron chi connectivity index (χ2n) is 9.01. The molecule has 200 valence electrons.